The fourth-order valence-corrected chi connectivity index (χ4v) is 1.86. The maximum Gasteiger partial charge on any atom is 0.323 e. The summed E-state index contributed by atoms with van der Waals surface area (Å²) in [5, 5.41) is 5.63. The van der Waals surface area contributed by atoms with E-state index in [9.17, 15) is 9.59 Å². The van der Waals surface area contributed by atoms with Crippen LogP contribution in [0.15, 0.2) is 24.3 Å². The van der Waals surface area contributed by atoms with Crippen LogP contribution in [0.3, 0.4) is 0 Å². The highest BCUT2D eigenvalue weighted by Crippen LogP contribution is 2.22. The van der Waals surface area contributed by atoms with Crippen molar-refractivity contribution in [3.8, 4) is 5.75 Å². The van der Waals surface area contributed by atoms with Gasteiger partial charge in [0.05, 0.1) is 26.5 Å². The van der Waals surface area contributed by atoms with Gasteiger partial charge in [0.25, 0.3) is 0 Å². The summed E-state index contributed by atoms with van der Waals surface area (Å²) in [7, 11) is 2.86. The molecule has 0 saturated carbocycles. The van der Waals surface area contributed by atoms with Crippen molar-refractivity contribution in [2.45, 2.75) is 19.9 Å². The molecule has 1 unspecified atom stereocenters. The highest BCUT2D eigenvalue weighted by atomic mass is 16.5. The second kappa shape index (κ2) is 8.26. The molecule has 0 aliphatic rings. The van der Waals surface area contributed by atoms with Gasteiger partial charge < -0.3 is 14.8 Å². The Labute approximate surface area is 124 Å². The minimum atomic E-state index is -0.515. The molecule has 1 aromatic rings. The van der Waals surface area contributed by atoms with E-state index in [1.807, 2.05) is 19.9 Å². The van der Waals surface area contributed by atoms with Crippen molar-refractivity contribution >= 4 is 17.6 Å². The van der Waals surface area contributed by atoms with E-state index in [1.54, 1.807) is 18.2 Å². The lowest BCUT2D eigenvalue weighted by Crippen LogP contribution is -2.45. The zero-order chi connectivity index (χ0) is 15.8. The van der Waals surface area contributed by atoms with Gasteiger partial charge in [0.15, 0.2) is 0 Å². The molecule has 0 spiro atoms. The van der Waals surface area contributed by atoms with Gasteiger partial charge in [0, 0.05) is 0 Å². The summed E-state index contributed by atoms with van der Waals surface area (Å²) in [5.41, 5.74) is 0.589. The van der Waals surface area contributed by atoms with E-state index < -0.39 is 6.04 Å². The summed E-state index contributed by atoms with van der Waals surface area (Å²) in [6.07, 6.45) is 0. The molecule has 6 heteroatoms. The Morgan fingerprint density at radius 1 is 1.19 bits per heavy atom. The molecular formula is C15H22N2O4. The Balaban J connectivity index is 2.59. The number of hydrogen-bond donors (Lipinski definition) is 2. The highest BCUT2D eigenvalue weighted by molar-refractivity contribution is 5.94. The zero-order valence-electron chi connectivity index (χ0n) is 12.8. The first-order chi connectivity index (χ1) is 9.99. The van der Waals surface area contributed by atoms with Crippen LogP contribution in [0.2, 0.25) is 0 Å². The van der Waals surface area contributed by atoms with Crippen LogP contribution >= 0.6 is 0 Å². The smallest absolute Gasteiger partial charge is 0.323 e. The summed E-state index contributed by atoms with van der Waals surface area (Å²) < 4.78 is 9.86. The largest absolute Gasteiger partial charge is 0.495 e. The molecule has 2 N–H and O–H groups in total. The van der Waals surface area contributed by atoms with Gasteiger partial charge in [-0.25, -0.2) is 0 Å². The van der Waals surface area contributed by atoms with Crippen LogP contribution < -0.4 is 15.4 Å². The Bertz CT molecular complexity index is 488. The van der Waals surface area contributed by atoms with Gasteiger partial charge in [-0.3, -0.25) is 14.9 Å². The number of rotatable bonds is 7. The van der Waals surface area contributed by atoms with E-state index in [4.69, 9.17) is 9.47 Å². The molecule has 0 aliphatic carbocycles. The number of ether oxygens (including phenoxy) is 2. The molecule has 0 bridgehead atoms. The molecule has 0 saturated heterocycles. The molecule has 1 rings (SSSR count). The van der Waals surface area contributed by atoms with Crippen LogP contribution in [0.1, 0.15) is 13.8 Å². The summed E-state index contributed by atoms with van der Waals surface area (Å²) in [4.78, 5) is 23.5. The summed E-state index contributed by atoms with van der Waals surface area (Å²) >= 11 is 0. The fraction of sp³-hybridized carbons (Fsp3) is 0.467. The maximum atomic E-state index is 11.9. The monoisotopic (exact) mass is 294 g/mol. The first-order valence-electron chi connectivity index (χ1n) is 6.73. The predicted octanol–water partition coefficient (Wildman–Crippen LogP) is 1.42. The molecular weight excluding hydrogens is 272 g/mol. The maximum absolute atomic E-state index is 11.9. The van der Waals surface area contributed by atoms with E-state index in [0.717, 1.165) is 0 Å². The lowest BCUT2D eigenvalue weighted by atomic mass is 10.0. The number of carbonyl (C=O) groups is 2. The number of para-hydroxylation sites is 2. The van der Waals surface area contributed by atoms with Gasteiger partial charge in [0.1, 0.15) is 11.8 Å². The average molecular weight is 294 g/mol. The molecule has 116 valence electrons. The van der Waals surface area contributed by atoms with Crippen molar-refractivity contribution in [2.75, 3.05) is 26.1 Å². The van der Waals surface area contributed by atoms with E-state index >= 15 is 0 Å². The second-order valence-electron chi connectivity index (χ2n) is 4.87. The lowest BCUT2D eigenvalue weighted by molar-refractivity contribution is -0.144. The van der Waals surface area contributed by atoms with Crippen LogP contribution in [-0.4, -0.2) is 38.7 Å². The molecule has 1 atom stereocenters. The zero-order valence-corrected chi connectivity index (χ0v) is 12.8. The summed E-state index contributed by atoms with van der Waals surface area (Å²) in [6, 6.07) is 6.61. The number of anilines is 1. The fourth-order valence-electron chi connectivity index (χ4n) is 1.86. The topological polar surface area (TPSA) is 76.7 Å². The van der Waals surface area contributed by atoms with Gasteiger partial charge >= 0.3 is 5.97 Å². The van der Waals surface area contributed by atoms with E-state index in [-0.39, 0.29) is 24.3 Å². The molecule has 1 amide bonds. The minimum Gasteiger partial charge on any atom is -0.495 e. The molecule has 0 radical (unpaired) electrons. The number of carbonyl (C=O) groups excluding carboxylic acids is 2. The van der Waals surface area contributed by atoms with Crippen LogP contribution in [-0.2, 0) is 14.3 Å². The van der Waals surface area contributed by atoms with Gasteiger partial charge in [0.2, 0.25) is 5.91 Å². The van der Waals surface area contributed by atoms with E-state index in [0.29, 0.717) is 11.4 Å². The minimum absolute atomic E-state index is 0.00992. The number of amides is 1. The number of esters is 1. The Morgan fingerprint density at radius 3 is 2.43 bits per heavy atom. The molecule has 0 fully saturated rings. The lowest BCUT2D eigenvalue weighted by Gasteiger charge is -2.19. The third-order valence-corrected chi connectivity index (χ3v) is 2.99. The van der Waals surface area contributed by atoms with Crippen molar-refractivity contribution in [3.05, 3.63) is 24.3 Å². The van der Waals surface area contributed by atoms with Crippen molar-refractivity contribution in [1.29, 1.82) is 0 Å². The van der Waals surface area contributed by atoms with Gasteiger partial charge in [-0.15, -0.1) is 0 Å². The van der Waals surface area contributed by atoms with Crippen LogP contribution in [0.25, 0.3) is 0 Å². The van der Waals surface area contributed by atoms with Crippen LogP contribution in [0.4, 0.5) is 5.69 Å². The molecule has 0 heterocycles. The predicted molar refractivity (Wildman–Crippen MR) is 80.3 cm³/mol. The molecule has 21 heavy (non-hydrogen) atoms. The SMILES string of the molecule is COC(=O)C(NCC(=O)Nc1ccccc1OC)C(C)C. The summed E-state index contributed by atoms with van der Waals surface area (Å²) in [5.74, 6) is -0.0279. The third kappa shape index (κ3) is 5.07. The highest BCUT2D eigenvalue weighted by Gasteiger charge is 2.23. The van der Waals surface area contributed by atoms with Crippen LogP contribution in [0, 0.1) is 5.92 Å². The average Bonchev–Trinajstić information content (AvgIpc) is 2.47. The standard InChI is InChI=1S/C15H22N2O4/c1-10(2)14(15(19)21-4)16-9-13(18)17-11-7-5-6-8-12(11)20-3/h5-8,10,14,16H,9H2,1-4H3,(H,17,18). The van der Waals surface area contributed by atoms with Gasteiger partial charge in [-0.2, -0.15) is 0 Å². The normalized spacial score (nSPS) is 11.9. The quantitative estimate of drug-likeness (QED) is 0.744. The molecule has 0 aromatic heterocycles. The van der Waals surface area contributed by atoms with Gasteiger partial charge in [-0.1, -0.05) is 26.0 Å². The first-order valence-corrected chi connectivity index (χ1v) is 6.73. The van der Waals surface area contributed by atoms with E-state index in [1.165, 1.54) is 14.2 Å². The van der Waals surface area contributed by atoms with Crippen molar-refractivity contribution in [1.82, 2.24) is 5.32 Å². The number of hydrogen-bond acceptors (Lipinski definition) is 5. The Morgan fingerprint density at radius 2 is 1.86 bits per heavy atom. The number of benzene rings is 1. The van der Waals surface area contributed by atoms with Gasteiger partial charge in [-0.05, 0) is 18.1 Å². The Hall–Kier alpha value is -2.08. The molecule has 1 aromatic carbocycles. The van der Waals surface area contributed by atoms with Crippen molar-refractivity contribution in [2.24, 2.45) is 5.92 Å². The molecule has 6 nitrogen and oxygen atoms in total. The van der Waals surface area contributed by atoms with Crippen LogP contribution in [0.5, 0.6) is 5.75 Å². The van der Waals surface area contributed by atoms with Crippen molar-refractivity contribution in [3.63, 3.8) is 0 Å². The number of methoxy groups -OCH3 is 2. The second-order valence-corrected chi connectivity index (χ2v) is 4.87. The number of nitrogens with one attached hydrogen (secondary N) is 2. The third-order valence-electron chi connectivity index (χ3n) is 2.99. The summed E-state index contributed by atoms with van der Waals surface area (Å²) in [6.45, 7) is 3.77. The first kappa shape index (κ1) is 17.0. The van der Waals surface area contributed by atoms with Crippen molar-refractivity contribution < 1.29 is 19.1 Å². The van der Waals surface area contributed by atoms with E-state index in [2.05, 4.69) is 10.6 Å². The molecule has 0 aliphatic heterocycles. The Kier molecular flexibility index (Phi) is 6.68.